The number of carbonyl (C=O) groups is 3. The summed E-state index contributed by atoms with van der Waals surface area (Å²) < 4.78 is 134. The zero-order valence-electron chi connectivity index (χ0n) is 32.2. The number of halogens is 9. The van der Waals surface area contributed by atoms with Gasteiger partial charge in [-0.3, -0.25) is 29.3 Å². The van der Waals surface area contributed by atoms with Gasteiger partial charge >= 0.3 is 36.4 Å². The van der Waals surface area contributed by atoms with Crippen molar-refractivity contribution in [2.45, 2.75) is 37.8 Å². The predicted octanol–water partition coefficient (Wildman–Crippen LogP) is 11.1. The minimum atomic E-state index is -4.57. The van der Waals surface area contributed by atoms with Crippen molar-refractivity contribution in [3.63, 3.8) is 0 Å². The average molecular weight is 880 g/mol. The van der Waals surface area contributed by atoms with E-state index in [0.717, 1.165) is 18.2 Å². The van der Waals surface area contributed by atoms with Crippen molar-refractivity contribution >= 4 is 17.9 Å². The maximum absolute atomic E-state index is 13.6. The fourth-order valence-electron chi connectivity index (χ4n) is 6.77. The molecule has 3 aromatic heterocycles. The summed E-state index contributed by atoms with van der Waals surface area (Å²) in [4.78, 5) is 52.4. The Bertz CT molecular complexity index is 2270. The van der Waals surface area contributed by atoms with Gasteiger partial charge in [-0.05, 0) is 128 Å². The van der Waals surface area contributed by atoms with Crippen LogP contribution < -0.4 is 14.2 Å². The van der Waals surface area contributed by atoms with Gasteiger partial charge in [-0.25, -0.2) is 0 Å². The molecule has 63 heavy (non-hydrogen) atoms. The lowest BCUT2D eigenvalue weighted by Crippen LogP contribution is -2.39. The topological polar surface area (TPSA) is 118 Å². The van der Waals surface area contributed by atoms with E-state index < -0.39 is 70.9 Å². The second kappa shape index (κ2) is 17.7. The third kappa shape index (κ3) is 10.9. The van der Waals surface area contributed by atoms with Crippen LogP contribution in [0.3, 0.4) is 0 Å². The molecular formula is C45H30F9N3O6. The molecule has 0 atom stereocenters. The Morgan fingerprint density at radius 3 is 0.810 bits per heavy atom. The van der Waals surface area contributed by atoms with Crippen molar-refractivity contribution in [2.75, 3.05) is 0 Å². The molecular weight excluding hydrogens is 849 g/mol. The average Bonchev–Trinajstić information content (AvgIpc) is 3.26. The van der Waals surface area contributed by atoms with Gasteiger partial charge in [-0.2, -0.15) is 39.5 Å². The SMILES string of the molecule is O=C(Oc1ccc(-c2ccc(C(F)(F)F)cn2)cc1)C1CC(C(=O)Oc2ccc(-c3ccc(C(F)(F)F)cn3)cc2)CC(C(=O)Oc2ccc(-c3ccc(C(F)(F)F)cn3)cc2)C1. The molecule has 18 heteroatoms. The van der Waals surface area contributed by atoms with Crippen molar-refractivity contribution in [3.05, 3.63) is 144 Å². The standard InChI is InChI=1S/C45H30F9N3O6/c46-43(47,48)31-7-16-37(55-22-31)25-1-10-34(11-2-25)61-40(58)28-19-29(41(59)62-35-12-3-26(4-13-35)38-17-8-32(23-56-38)44(49,50)51)21-30(20-28)42(60)63-36-14-5-27(6-15-36)39-18-9-33(24-57-39)45(52,53)54/h1-18,22-24,28-30H,19-21H2. The highest BCUT2D eigenvalue weighted by molar-refractivity contribution is 5.83. The molecule has 3 aromatic carbocycles. The Labute approximate surface area is 351 Å². The van der Waals surface area contributed by atoms with Gasteiger partial charge in [0.05, 0.1) is 51.5 Å². The van der Waals surface area contributed by atoms with Gasteiger partial charge in [0, 0.05) is 35.3 Å². The number of hydrogen-bond donors (Lipinski definition) is 0. The number of esters is 3. The molecule has 0 N–H and O–H groups in total. The summed E-state index contributed by atoms with van der Waals surface area (Å²) in [5.41, 5.74) is -0.792. The highest BCUT2D eigenvalue weighted by Gasteiger charge is 2.42. The van der Waals surface area contributed by atoms with E-state index in [4.69, 9.17) is 14.2 Å². The van der Waals surface area contributed by atoms with Crippen LogP contribution in [0.1, 0.15) is 36.0 Å². The molecule has 6 aromatic rings. The summed E-state index contributed by atoms with van der Waals surface area (Å²) >= 11 is 0. The van der Waals surface area contributed by atoms with Gasteiger partial charge < -0.3 is 14.2 Å². The number of rotatable bonds is 9. The zero-order valence-corrected chi connectivity index (χ0v) is 32.2. The Kier molecular flexibility index (Phi) is 12.4. The number of carbonyl (C=O) groups excluding carboxylic acids is 3. The molecule has 1 saturated carbocycles. The third-order valence-corrected chi connectivity index (χ3v) is 10.1. The molecule has 324 valence electrons. The summed E-state index contributed by atoms with van der Waals surface area (Å²) in [6, 6.07) is 23.6. The van der Waals surface area contributed by atoms with Gasteiger partial charge in [0.1, 0.15) is 17.2 Å². The summed E-state index contributed by atoms with van der Waals surface area (Å²) in [5.74, 6) is -5.32. The Hall–Kier alpha value is -7.11. The molecule has 1 fully saturated rings. The molecule has 0 aliphatic heterocycles. The Morgan fingerprint density at radius 2 is 0.619 bits per heavy atom. The smallest absolute Gasteiger partial charge is 0.417 e. The molecule has 9 nitrogen and oxygen atoms in total. The number of hydrogen-bond acceptors (Lipinski definition) is 9. The molecule has 0 spiro atoms. The van der Waals surface area contributed by atoms with E-state index in [2.05, 4.69) is 15.0 Å². The Morgan fingerprint density at radius 1 is 0.381 bits per heavy atom. The van der Waals surface area contributed by atoms with Gasteiger partial charge in [0.2, 0.25) is 0 Å². The first-order valence-corrected chi connectivity index (χ1v) is 18.9. The fourth-order valence-corrected chi connectivity index (χ4v) is 6.77. The number of aromatic nitrogens is 3. The predicted molar refractivity (Wildman–Crippen MR) is 205 cm³/mol. The van der Waals surface area contributed by atoms with Crippen LogP contribution in [0.15, 0.2) is 128 Å². The van der Waals surface area contributed by atoms with Gasteiger partial charge in [-0.15, -0.1) is 0 Å². The van der Waals surface area contributed by atoms with Crippen LogP contribution in [0.25, 0.3) is 33.8 Å². The number of pyridine rings is 3. The molecule has 0 radical (unpaired) electrons. The quantitative estimate of drug-likeness (QED) is 0.0794. The van der Waals surface area contributed by atoms with Crippen molar-refractivity contribution in [1.29, 1.82) is 0 Å². The minimum absolute atomic E-state index is 0.0599. The second-order valence-corrected chi connectivity index (χ2v) is 14.4. The first kappa shape index (κ1) is 44.0. The van der Waals surface area contributed by atoms with Crippen LogP contribution in [-0.2, 0) is 32.9 Å². The summed E-state index contributed by atoms with van der Waals surface area (Å²) in [6.45, 7) is 0. The number of nitrogens with zero attached hydrogens (tertiary/aromatic N) is 3. The summed E-state index contributed by atoms with van der Waals surface area (Å²) in [6.07, 6.45) is -11.9. The first-order chi connectivity index (χ1) is 29.8. The lowest BCUT2D eigenvalue weighted by atomic mass is 9.75. The van der Waals surface area contributed by atoms with E-state index >= 15 is 0 Å². The maximum atomic E-state index is 13.6. The number of alkyl halides is 9. The molecule has 1 aliphatic carbocycles. The van der Waals surface area contributed by atoms with E-state index in [0.29, 0.717) is 35.3 Å². The van der Waals surface area contributed by atoms with Gasteiger partial charge in [0.15, 0.2) is 0 Å². The molecule has 0 unspecified atom stereocenters. The minimum Gasteiger partial charge on any atom is -0.426 e. The van der Waals surface area contributed by atoms with Gasteiger partial charge in [0.25, 0.3) is 0 Å². The van der Waals surface area contributed by atoms with Crippen LogP contribution in [0, 0.1) is 17.8 Å². The van der Waals surface area contributed by atoms with Crippen molar-refractivity contribution in [2.24, 2.45) is 17.8 Å². The van der Waals surface area contributed by atoms with E-state index in [9.17, 15) is 53.9 Å². The van der Waals surface area contributed by atoms with Crippen molar-refractivity contribution < 1.29 is 68.1 Å². The highest BCUT2D eigenvalue weighted by Crippen LogP contribution is 2.38. The molecule has 3 heterocycles. The number of ether oxygens (including phenoxy) is 3. The third-order valence-electron chi connectivity index (χ3n) is 10.1. The zero-order chi connectivity index (χ0) is 45.1. The van der Waals surface area contributed by atoms with Gasteiger partial charge in [-0.1, -0.05) is 0 Å². The normalized spacial score (nSPS) is 16.8. The van der Waals surface area contributed by atoms with Crippen LogP contribution in [-0.4, -0.2) is 32.9 Å². The van der Waals surface area contributed by atoms with E-state index in [1.807, 2.05) is 0 Å². The monoisotopic (exact) mass is 879 g/mol. The maximum Gasteiger partial charge on any atom is 0.417 e. The molecule has 7 rings (SSSR count). The number of benzene rings is 3. The lowest BCUT2D eigenvalue weighted by Gasteiger charge is -2.31. The van der Waals surface area contributed by atoms with Crippen molar-refractivity contribution in [3.8, 4) is 51.0 Å². The highest BCUT2D eigenvalue weighted by atomic mass is 19.4. The first-order valence-electron chi connectivity index (χ1n) is 18.9. The molecule has 0 saturated heterocycles. The molecule has 0 amide bonds. The molecule has 0 bridgehead atoms. The van der Waals surface area contributed by atoms with Crippen LogP contribution in [0.4, 0.5) is 39.5 Å². The van der Waals surface area contributed by atoms with E-state index in [1.165, 1.54) is 91.0 Å². The largest absolute Gasteiger partial charge is 0.426 e. The lowest BCUT2D eigenvalue weighted by molar-refractivity contribution is -0.150. The van der Waals surface area contributed by atoms with E-state index in [1.54, 1.807) is 0 Å². The van der Waals surface area contributed by atoms with Crippen LogP contribution in [0.2, 0.25) is 0 Å². The van der Waals surface area contributed by atoms with Crippen molar-refractivity contribution in [1.82, 2.24) is 15.0 Å². The molecule has 1 aliphatic rings. The fraction of sp³-hybridized carbons (Fsp3) is 0.200. The Balaban J connectivity index is 1.05. The second-order valence-electron chi connectivity index (χ2n) is 14.4. The van der Waals surface area contributed by atoms with Crippen LogP contribution >= 0.6 is 0 Å². The summed E-state index contributed by atoms with van der Waals surface area (Å²) in [7, 11) is 0. The van der Waals surface area contributed by atoms with E-state index in [-0.39, 0.29) is 53.6 Å². The summed E-state index contributed by atoms with van der Waals surface area (Å²) in [5, 5.41) is 0. The van der Waals surface area contributed by atoms with Crippen LogP contribution in [0.5, 0.6) is 17.2 Å².